The summed E-state index contributed by atoms with van der Waals surface area (Å²) in [5.41, 5.74) is 8.72. The molecular formula is C15H19N3OS. The molecule has 0 fully saturated rings. The maximum Gasteiger partial charge on any atom is 0.172 e. The zero-order chi connectivity index (χ0) is 14.5. The Bertz CT molecular complexity index is 593. The molecular weight excluding hydrogens is 270 g/mol. The van der Waals surface area contributed by atoms with Gasteiger partial charge in [-0.05, 0) is 36.9 Å². The summed E-state index contributed by atoms with van der Waals surface area (Å²) in [5, 5.41) is 14.2. The molecule has 0 saturated heterocycles. The van der Waals surface area contributed by atoms with E-state index in [1.807, 2.05) is 25.1 Å². The average Bonchev–Trinajstić information content (AvgIpc) is 2.97. The quantitative estimate of drug-likeness (QED) is 0.384. The molecule has 20 heavy (non-hydrogen) atoms. The van der Waals surface area contributed by atoms with Gasteiger partial charge in [0.15, 0.2) is 5.84 Å². The molecule has 0 radical (unpaired) electrons. The van der Waals surface area contributed by atoms with Crippen LogP contribution in [0.1, 0.15) is 22.9 Å². The fraction of sp³-hybridized carbons (Fsp3) is 0.267. The van der Waals surface area contributed by atoms with Gasteiger partial charge in [0.05, 0.1) is 12.2 Å². The predicted octanol–water partition coefficient (Wildman–Crippen LogP) is 3.18. The fourth-order valence-corrected chi connectivity index (χ4v) is 3.00. The van der Waals surface area contributed by atoms with E-state index in [2.05, 4.69) is 34.5 Å². The van der Waals surface area contributed by atoms with Crippen molar-refractivity contribution in [1.29, 1.82) is 0 Å². The van der Waals surface area contributed by atoms with E-state index in [1.165, 1.54) is 4.88 Å². The van der Waals surface area contributed by atoms with Crippen molar-refractivity contribution in [3.05, 3.63) is 51.7 Å². The molecule has 0 unspecified atom stereocenters. The Hall–Kier alpha value is -2.01. The third-order valence-corrected chi connectivity index (χ3v) is 4.11. The van der Waals surface area contributed by atoms with Crippen molar-refractivity contribution in [3.63, 3.8) is 0 Å². The largest absolute Gasteiger partial charge is 0.409 e. The molecule has 3 N–H and O–H groups in total. The smallest absolute Gasteiger partial charge is 0.172 e. The van der Waals surface area contributed by atoms with Gasteiger partial charge in [-0.15, -0.1) is 11.3 Å². The summed E-state index contributed by atoms with van der Waals surface area (Å²) in [4.78, 5) is 3.54. The number of anilines is 1. The first-order valence-corrected chi connectivity index (χ1v) is 7.40. The molecule has 0 bridgehead atoms. The van der Waals surface area contributed by atoms with Crippen LogP contribution in [-0.2, 0) is 6.54 Å². The third kappa shape index (κ3) is 2.93. The highest BCUT2D eigenvalue weighted by Crippen LogP contribution is 2.27. The predicted molar refractivity (Wildman–Crippen MR) is 84.7 cm³/mol. The molecule has 2 rings (SSSR count). The molecule has 1 aromatic heterocycles. The summed E-state index contributed by atoms with van der Waals surface area (Å²) in [7, 11) is 0. The van der Waals surface area contributed by atoms with Gasteiger partial charge in [-0.2, -0.15) is 0 Å². The monoisotopic (exact) mass is 289 g/mol. The van der Waals surface area contributed by atoms with Crippen molar-refractivity contribution in [2.75, 3.05) is 11.4 Å². The molecule has 0 spiro atoms. The lowest BCUT2D eigenvalue weighted by Gasteiger charge is -2.26. The van der Waals surface area contributed by atoms with Crippen LogP contribution in [0, 0.1) is 6.92 Å². The molecule has 2 aromatic rings. The van der Waals surface area contributed by atoms with E-state index in [0.717, 1.165) is 29.9 Å². The second-order valence-electron chi connectivity index (χ2n) is 4.55. The van der Waals surface area contributed by atoms with Crippen LogP contribution in [0.3, 0.4) is 0 Å². The Labute approximate surface area is 123 Å². The number of hydrogen-bond donors (Lipinski definition) is 2. The lowest BCUT2D eigenvalue weighted by molar-refractivity contribution is 0.318. The standard InChI is InChI=1S/C15H19N3OS/c1-3-18(10-12-7-5-9-20-12)14-11(2)6-4-8-13(14)15(16)17-19/h4-9,19H,3,10H2,1-2H3,(H2,16,17). The Kier molecular flexibility index (Phi) is 4.63. The van der Waals surface area contributed by atoms with E-state index in [0.29, 0.717) is 0 Å². The molecule has 0 aliphatic rings. The highest BCUT2D eigenvalue weighted by atomic mass is 32.1. The minimum absolute atomic E-state index is 0.147. The normalized spacial score (nSPS) is 11.6. The molecule has 5 heteroatoms. The first-order valence-electron chi connectivity index (χ1n) is 6.52. The van der Waals surface area contributed by atoms with E-state index in [9.17, 15) is 0 Å². The van der Waals surface area contributed by atoms with Crippen LogP contribution < -0.4 is 10.6 Å². The number of thiophene rings is 1. The number of nitrogens with two attached hydrogens (primary N) is 1. The second-order valence-corrected chi connectivity index (χ2v) is 5.58. The third-order valence-electron chi connectivity index (χ3n) is 3.25. The van der Waals surface area contributed by atoms with Gasteiger partial charge in [0, 0.05) is 17.0 Å². The van der Waals surface area contributed by atoms with Crippen molar-refractivity contribution < 1.29 is 5.21 Å². The molecule has 0 saturated carbocycles. The van der Waals surface area contributed by atoms with Crippen molar-refractivity contribution in [1.82, 2.24) is 0 Å². The summed E-state index contributed by atoms with van der Waals surface area (Å²) in [6, 6.07) is 10.0. The highest BCUT2D eigenvalue weighted by molar-refractivity contribution is 7.09. The zero-order valence-electron chi connectivity index (χ0n) is 11.7. The minimum Gasteiger partial charge on any atom is -0.409 e. The molecule has 0 aliphatic heterocycles. The Morgan fingerprint density at radius 3 is 2.75 bits per heavy atom. The minimum atomic E-state index is 0.147. The van der Waals surface area contributed by atoms with Gasteiger partial charge >= 0.3 is 0 Å². The Morgan fingerprint density at radius 2 is 2.15 bits per heavy atom. The summed E-state index contributed by atoms with van der Waals surface area (Å²) in [6.45, 7) is 5.83. The van der Waals surface area contributed by atoms with Crippen LogP contribution in [-0.4, -0.2) is 17.6 Å². The summed E-state index contributed by atoms with van der Waals surface area (Å²) in [5.74, 6) is 0.147. The average molecular weight is 289 g/mol. The number of aryl methyl sites for hydroxylation is 1. The van der Waals surface area contributed by atoms with Crippen LogP contribution in [0.2, 0.25) is 0 Å². The van der Waals surface area contributed by atoms with Crippen molar-refractivity contribution >= 4 is 22.9 Å². The van der Waals surface area contributed by atoms with Gasteiger partial charge in [-0.3, -0.25) is 0 Å². The number of para-hydroxylation sites is 1. The SMILES string of the molecule is CCN(Cc1cccs1)c1c(C)cccc1/C(N)=N/O. The summed E-state index contributed by atoms with van der Waals surface area (Å²) < 4.78 is 0. The van der Waals surface area contributed by atoms with Gasteiger partial charge < -0.3 is 15.8 Å². The topological polar surface area (TPSA) is 61.8 Å². The number of rotatable bonds is 5. The van der Waals surface area contributed by atoms with Gasteiger partial charge in [-0.1, -0.05) is 23.4 Å². The van der Waals surface area contributed by atoms with E-state index in [-0.39, 0.29) is 5.84 Å². The molecule has 4 nitrogen and oxygen atoms in total. The van der Waals surface area contributed by atoms with E-state index < -0.39 is 0 Å². The molecule has 106 valence electrons. The first-order chi connectivity index (χ1) is 9.67. The van der Waals surface area contributed by atoms with Crippen LogP contribution in [0.4, 0.5) is 5.69 Å². The lowest BCUT2D eigenvalue weighted by Crippen LogP contribution is -2.26. The van der Waals surface area contributed by atoms with Crippen molar-refractivity contribution in [2.45, 2.75) is 20.4 Å². The molecule has 1 aromatic carbocycles. The Morgan fingerprint density at radius 1 is 1.35 bits per heavy atom. The van der Waals surface area contributed by atoms with Crippen LogP contribution >= 0.6 is 11.3 Å². The lowest BCUT2D eigenvalue weighted by atomic mass is 10.1. The molecule has 0 aliphatic carbocycles. The van der Waals surface area contributed by atoms with Crippen LogP contribution in [0.5, 0.6) is 0 Å². The van der Waals surface area contributed by atoms with Crippen molar-refractivity contribution in [3.8, 4) is 0 Å². The second kappa shape index (κ2) is 6.43. The van der Waals surface area contributed by atoms with Gasteiger partial charge in [-0.25, -0.2) is 0 Å². The number of hydrogen-bond acceptors (Lipinski definition) is 4. The van der Waals surface area contributed by atoms with E-state index >= 15 is 0 Å². The van der Waals surface area contributed by atoms with Crippen LogP contribution in [0.15, 0.2) is 40.9 Å². The number of benzene rings is 1. The maximum absolute atomic E-state index is 8.96. The van der Waals surface area contributed by atoms with Crippen molar-refractivity contribution in [2.24, 2.45) is 10.9 Å². The Balaban J connectivity index is 2.43. The highest BCUT2D eigenvalue weighted by Gasteiger charge is 2.16. The fourth-order valence-electron chi connectivity index (χ4n) is 2.28. The molecule has 1 heterocycles. The summed E-state index contributed by atoms with van der Waals surface area (Å²) >= 11 is 1.73. The zero-order valence-corrected chi connectivity index (χ0v) is 12.5. The van der Waals surface area contributed by atoms with E-state index in [1.54, 1.807) is 11.3 Å². The van der Waals surface area contributed by atoms with Gasteiger partial charge in [0.25, 0.3) is 0 Å². The molecule has 0 atom stereocenters. The van der Waals surface area contributed by atoms with Crippen LogP contribution in [0.25, 0.3) is 0 Å². The number of nitrogens with zero attached hydrogens (tertiary/aromatic N) is 2. The number of oxime groups is 1. The summed E-state index contributed by atoms with van der Waals surface area (Å²) in [6.07, 6.45) is 0. The van der Waals surface area contributed by atoms with Gasteiger partial charge in [0.1, 0.15) is 0 Å². The first kappa shape index (κ1) is 14.4. The van der Waals surface area contributed by atoms with Gasteiger partial charge in [0.2, 0.25) is 0 Å². The maximum atomic E-state index is 8.96. The van der Waals surface area contributed by atoms with E-state index in [4.69, 9.17) is 10.9 Å². The molecule has 0 amide bonds. The number of amidine groups is 1.